The second-order valence-electron chi connectivity index (χ2n) is 4.42. The molecule has 1 fully saturated rings. The van der Waals surface area contributed by atoms with Gasteiger partial charge in [0.25, 0.3) is 0 Å². The molecule has 0 amide bonds. The van der Waals surface area contributed by atoms with Crippen molar-refractivity contribution in [3.63, 3.8) is 0 Å². The summed E-state index contributed by atoms with van der Waals surface area (Å²) in [6.45, 7) is 8.45. The molecule has 1 saturated heterocycles. The monoisotopic (exact) mass is 186 g/mol. The highest BCUT2D eigenvalue weighted by Gasteiger charge is 2.40. The lowest BCUT2D eigenvalue weighted by Crippen LogP contribution is -2.27. The zero-order valence-electron chi connectivity index (χ0n) is 9.16. The number of rotatable bonds is 3. The van der Waals surface area contributed by atoms with Gasteiger partial charge in [0.05, 0.1) is 18.3 Å². The Morgan fingerprint density at radius 2 is 2.00 bits per heavy atom. The van der Waals surface area contributed by atoms with Crippen molar-refractivity contribution in [2.24, 2.45) is 11.8 Å². The van der Waals surface area contributed by atoms with E-state index >= 15 is 0 Å². The molecule has 1 rings (SSSR count). The van der Waals surface area contributed by atoms with E-state index in [1.54, 1.807) is 0 Å². The fourth-order valence-electron chi connectivity index (χ4n) is 2.35. The van der Waals surface area contributed by atoms with E-state index in [9.17, 15) is 5.11 Å². The molecule has 0 spiro atoms. The summed E-state index contributed by atoms with van der Waals surface area (Å²) in [5.74, 6) is 0.858. The SMILES string of the molecule is CCC[C@@H](C)[C@H]1O[C@@H](C)[C@H](O)[C@@H]1C. The Hall–Kier alpha value is -0.0800. The van der Waals surface area contributed by atoms with Crippen LogP contribution < -0.4 is 0 Å². The Labute approximate surface area is 81.3 Å². The molecular weight excluding hydrogens is 164 g/mol. The van der Waals surface area contributed by atoms with Gasteiger partial charge in [-0.05, 0) is 19.3 Å². The van der Waals surface area contributed by atoms with Crippen LogP contribution in [0.3, 0.4) is 0 Å². The molecule has 1 heterocycles. The number of aliphatic hydroxyl groups is 1. The molecule has 0 unspecified atom stereocenters. The minimum atomic E-state index is -0.274. The van der Waals surface area contributed by atoms with Crippen molar-refractivity contribution in [3.8, 4) is 0 Å². The van der Waals surface area contributed by atoms with Crippen LogP contribution in [0.25, 0.3) is 0 Å². The Bertz CT molecular complexity index is 158. The zero-order chi connectivity index (χ0) is 10.0. The number of hydrogen-bond donors (Lipinski definition) is 1. The Morgan fingerprint density at radius 3 is 2.38 bits per heavy atom. The first-order valence-electron chi connectivity index (χ1n) is 5.41. The number of hydrogen-bond acceptors (Lipinski definition) is 2. The van der Waals surface area contributed by atoms with Gasteiger partial charge in [0.2, 0.25) is 0 Å². The van der Waals surface area contributed by atoms with E-state index in [4.69, 9.17) is 4.74 Å². The highest BCUT2D eigenvalue weighted by Crippen LogP contribution is 2.32. The lowest BCUT2D eigenvalue weighted by molar-refractivity contribution is -0.00168. The maximum Gasteiger partial charge on any atom is 0.0849 e. The molecular formula is C11H22O2. The van der Waals surface area contributed by atoms with Crippen LogP contribution in [0, 0.1) is 11.8 Å². The minimum Gasteiger partial charge on any atom is -0.390 e. The standard InChI is InChI=1S/C11H22O2/c1-5-6-7(2)11-8(3)10(12)9(4)13-11/h7-12H,5-6H2,1-4H3/t7-,8+,9+,10-,11-/m1/s1. The third-order valence-electron chi connectivity index (χ3n) is 3.21. The van der Waals surface area contributed by atoms with Gasteiger partial charge in [0.15, 0.2) is 0 Å². The van der Waals surface area contributed by atoms with Gasteiger partial charge >= 0.3 is 0 Å². The molecule has 0 saturated carbocycles. The van der Waals surface area contributed by atoms with Gasteiger partial charge in [0.1, 0.15) is 0 Å². The van der Waals surface area contributed by atoms with E-state index in [2.05, 4.69) is 20.8 Å². The third-order valence-corrected chi connectivity index (χ3v) is 3.21. The molecule has 2 heteroatoms. The maximum absolute atomic E-state index is 9.73. The Morgan fingerprint density at radius 1 is 1.38 bits per heavy atom. The number of ether oxygens (including phenoxy) is 1. The predicted molar refractivity (Wildman–Crippen MR) is 53.6 cm³/mol. The summed E-state index contributed by atoms with van der Waals surface area (Å²) in [6.07, 6.45) is 2.38. The van der Waals surface area contributed by atoms with Gasteiger partial charge in [-0.2, -0.15) is 0 Å². The summed E-state index contributed by atoms with van der Waals surface area (Å²) in [5, 5.41) is 9.73. The second-order valence-corrected chi connectivity index (χ2v) is 4.42. The summed E-state index contributed by atoms with van der Waals surface area (Å²) in [5.41, 5.74) is 0. The number of aliphatic hydroxyl groups excluding tert-OH is 1. The molecule has 78 valence electrons. The molecule has 0 aromatic carbocycles. The molecule has 2 nitrogen and oxygen atoms in total. The van der Waals surface area contributed by atoms with Crippen molar-refractivity contribution >= 4 is 0 Å². The highest BCUT2D eigenvalue weighted by molar-refractivity contribution is 4.88. The molecule has 0 aromatic heterocycles. The summed E-state index contributed by atoms with van der Waals surface area (Å²) in [6, 6.07) is 0. The molecule has 1 aliphatic rings. The van der Waals surface area contributed by atoms with Crippen molar-refractivity contribution in [2.75, 3.05) is 0 Å². The van der Waals surface area contributed by atoms with Gasteiger partial charge in [0, 0.05) is 5.92 Å². The van der Waals surface area contributed by atoms with Crippen molar-refractivity contribution in [3.05, 3.63) is 0 Å². The minimum absolute atomic E-state index is 0.0132. The molecule has 0 radical (unpaired) electrons. The van der Waals surface area contributed by atoms with E-state index < -0.39 is 0 Å². The fraction of sp³-hybridized carbons (Fsp3) is 1.00. The van der Waals surface area contributed by atoms with Gasteiger partial charge in [-0.1, -0.05) is 27.2 Å². The van der Waals surface area contributed by atoms with Crippen LogP contribution in [0.4, 0.5) is 0 Å². The Kier molecular flexibility index (Phi) is 3.74. The lowest BCUT2D eigenvalue weighted by atomic mass is 9.88. The van der Waals surface area contributed by atoms with E-state index in [1.807, 2.05) is 6.92 Å². The van der Waals surface area contributed by atoms with E-state index in [0.29, 0.717) is 5.92 Å². The quantitative estimate of drug-likeness (QED) is 0.732. The summed E-state index contributed by atoms with van der Waals surface area (Å²) < 4.78 is 5.75. The second kappa shape index (κ2) is 4.43. The van der Waals surface area contributed by atoms with Gasteiger partial charge in [-0.25, -0.2) is 0 Å². The summed E-state index contributed by atoms with van der Waals surface area (Å²) in [7, 11) is 0. The van der Waals surface area contributed by atoms with E-state index in [0.717, 1.165) is 0 Å². The third kappa shape index (κ3) is 2.23. The predicted octanol–water partition coefficient (Wildman–Crippen LogP) is 2.21. The first-order valence-corrected chi connectivity index (χ1v) is 5.41. The van der Waals surface area contributed by atoms with Crippen LogP contribution in [-0.2, 0) is 4.74 Å². The zero-order valence-corrected chi connectivity index (χ0v) is 9.16. The first kappa shape index (κ1) is 11.0. The maximum atomic E-state index is 9.73. The van der Waals surface area contributed by atoms with Crippen LogP contribution in [-0.4, -0.2) is 23.4 Å². The molecule has 0 bridgehead atoms. The van der Waals surface area contributed by atoms with E-state index in [1.165, 1.54) is 12.8 Å². The van der Waals surface area contributed by atoms with Crippen molar-refractivity contribution in [1.82, 2.24) is 0 Å². The molecule has 5 atom stereocenters. The average molecular weight is 186 g/mol. The fourth-order valence-corrected chi connectivity index (χ4v) is 2.35. The van der Waals surface area contributed by atoms with E-state index in [-0.39, 0.29) is 24.2 Å². The lowest BCUT2D eigenvalue weighted by Gasteiger charge is -2.22. The topological polar surface area (TPSA) is 29.5 Å². The summed E-state index contributed by atoms with van der Waals surface area (Å²) in [4.78, 5) is 0. The smallest absolute Gasteiger partial charge is 0.0849 e. The molecule has 0 aliphatic carbocycles. The Balaban J connectivity index is 2.52. The van der Waals surface area contributed by atoms with Crippen LogP contribution >= 0.6 is 0 Å². The first-order chi connectivity index (χ1) is 6.07. The largest absolute Gasteiger partial charge is 0.390 e. The summed E-state index contributed by atoms with van der Waals surface area (Å²) >= 11 is 0. The molecule has 0 aromatic rings. The highest BCUT2D eigenvalue weighted by atomic mass is 16.5. The molecule has 1 N–H and O–H groups in total. The van der Waals surface area contributed by atoms with Crippen LogP contribution in [0.1, 0.15) is 40.5 Å². The van der Waals surface area contributed by atoms with Crippen molar-refractivity contribution < 1.29 is 9.84 Å². The van der Waals surface area contributed by atoms with Gasteiger partial charge in [-0.15, -0.1) is 0 Å². The average Bonchev–Trinajstić information content (AvgIpc) is 2.33. The van der Waals surface area contributed by atoms with Gasteiger partial charge < -0.3 is 9.84 Å². The van der Waals surface area contributed by atoms with Gasteiger partial charge in [-0.3, -0.25) is 0 Å². The van der Waals surface area contributed by atoms with Crippen LogP contribution in [0.5, 0.6) is 0 Å². The van der Waals surface area contributed by atoms with Crippen LogP contribution in [0.15, 0.2) is 0 Å². The van der Waals surface area contributed by atoms with Crippen LogP contribution in [0.2, 0.25) is 0 Å². The molecule has 13 heavy (non-hydrogen) atoms. The van der Waals surface area contributed by atoms with Crippen molar-refractivity contribution in [1.29, 1.82) is 0 Å². The van der Waals surface area contributed by atoms with Crippen molar-refractivity contribution in [2.45, 2.75) is 58.8 Å². The molecule has 1 aliphatic heterocycles. The normalized spacial score (nSPS) is 42.2.